The van der Waals surface area contributed by atoms with Gasteiger partial charge in [-0.25, -0.2) is 4.98 Å². The Hall–Kier alpha value is -3.00. The van der Waals surface area contributed by atoms with Gasteiger partial charge in [-0.2, -0.15) is 10.3 Å². The highest BCUT2D eigenvalue weighted by molar-refractivity contribution is 6.04. The first kappa shape index (κ1) is 17.4. The van der Waals surface area contributed by atoms with E-state index in [2.05, 4.69) is 56.5 Å². The fraction of sp³-hybridized carbons (Fsp3) is 0.368. The molecule has 140 valence electrons. The van der Waals surface area contributed by atoms with Crippen molar-refractivity contribution in [3.8, 4) is 0 Å². The average Bonchev–Trinajstić information content (AvgIpc) is 3.32. The van der Waals surface area contributed by atoms with Crippen LogP contribution in [0.15, 0.2) is 30.3 Å². The smallest absolute Gasteiger partial charge is 0.274 e. The molecule has 4 rings (SSSR count). The number of rotatable bonds is 4. The highest BCUT2D eigenvalue weighted by Gasteiger charge is 2.25. The third-order valence-corrected chi connectivity index (χ3v) is 5.11. The minimum Gasteiger partial charge on any atom is -0.370 e. The minimum atomic E-state index is -0.262. The number of fused-ring (bicyclic) bond motifs is 1. The second kappa shape index (κ2) is 6.96. The minimum absolute atomic E-state index is 0.262. The van der Waals surface area contributed by atoms with E-state index in [1.54, 1.807) is 12.1 Å². The number of aryl methyl sites for hydroxylation is 1. The number of likely N-dealkylation sites (N-methyl/N-ethyl adjacent to an activating group) is 1. The second-order valence-corrected chi connectivity index (χ2v) is 7.17. The van der Waals surface area contributed by atoms with E-state index in [9.17, 15) is 4.79 Å². The standard InChI is InChI=1S/C19H23N7O/c1-12-4-5-13(10-17(12)26-9-8-14(11-26)25(2)3)20-19(27)16-7-6-15-18(21-16)23-24-22-15/h4-7,10,14H,8-9,11H2,1-3H3,(H,20,27)(H,21,22,23,24). The predicted molar refractivity (Wildman–Crippen MR) is 105 cm³/mol. The summed E-state index contributed by atoms with van der Waals surface area (Å²) in [5, 5.41) is 13.3. The van der Waals surface area contributed by atoms with Crippen LogP contribution in [0.3, 0.4) is 0 Å². The lowest BCUT2D eigenvalue weighted by Gasteiger charge is -2.24. The molecule has 0 bridgehead atoms. The summed E-state index contributed by atoms with van der Waals surface area (Å²) in [7, 11) is 4.24. The number of hydrogen-bond acceptors (Lipinski definition) is 6. The van der Waals surface area contributed by atoms with E-state index >= 15 is 0 Å². The van der Waals surface area contributed by atoms with Crippen molar-refractivity contribution in [1.82, 2.24) is 25.3 Å². The number of aromatic amines is 1. The van der Waals surface area contributed by atoms with E-state index in [-0.39, 0.29) is 5.91 Å². The molecular formula is C19H23N7O. The van der Waals surface area contributed by atoms with Crippen molar-refractivity contribution in [2.24, 2.45) is 0 Å². The summed E-state index contributed by atoms with van der Waals surface area (Å²) in [5.41, 5.74) is 4.50. The number of benzene rings is 1. The second-order valence-electron chi connectivity index (χ2n) is 7.17. The first-order valence-corrected chi connectivity index (χ1v) is 9.02. The Morgan fingerprint density at radius 1 is 1.26 bits per heavy atom. The van der Waals surface area contributed by atoms with Gasteiger partial charge in [0, 0.05) is 30.5 Å². The monoisotopic (exact) mass is 365 g/mol. The van der Waals surface area contributed by atoms with Crippen molar-refractivity contribution in [2.45, 2.75) is 19.4 Å². The van der Waals surface area contributed by atoms with Crippen molar-refractivity contribution >= 4 is 28.4 Å². The molecule has 1 aliphatic rings. The van der Waals surface area contributed by atoms with Gasteiger partial charge in [0.05, 0.1) is 0 Å². The van der Waals surface area contributed by atoms with Crippen LogP contribution in [-0.4, -0.2) is 64.4 Å². The van der Waals surface area contributed by atoms with Gasteiger partial charge in [0.25, 0.3) is 5.91 Å². The van der Waals surface area contributed by atoms with Gasteiger partial charge in [-0.05, 0) is 57.3 Å². The summed E-state index contributed by atoms with van der Waals surface area (Å²) < 4.78 is 0. The summed E-state index contributed by atoms with van der Waals surface area (Å²) in [6.45, 7) is 4.12. The van der Waals surface area contributed by atoms with Crippen molar-refractivity contribution in [2.75, 3.05) is 37.4 Å². The lowest BCUT2D eigenvalue weighted by Crippen LogP contribution is -2.31. The normalized spacial score (nSPS) is 17.0. The molecule has 1 aromatic carbocycles. The van der Waals surface area contributed by atoms with E-state index in [0.29, 0.717) is 22.9 Å². The largest absolute Gasteiger partial charge is 0.370 e. The Morgan fingerprint density at radius 3 is 2.89 bits per heavy atom. The van der Waals surface area contributed by atoms with Crippen molar-refractivity contribution in [3.63, 3.8) is 0 Å². The summed E-state index contributed by atoms with van der Waals surface area (Å²) in [6, 6.07) is 9.94. The molecule has 2 N–H and O–H groups in total. The molecule has 1 saturated heterocycles. The zero-order valence-corrected chi connectivity index (χ0v) is 15.7. The van der Waals surface area contributed by atoms with Crippen LogP contribution in [0.2, 0.25) is 0 Å². The molecule has 0 saturated carbocycles. The number of anilines is 2. The zero-order valence-electron chi connectivity index (χ0n) is 15.7. The van der Waals surface area contributed by atoms with Crippen LogP contribution < -0.4 is 10.2 Å². The molecule has 1 fully saturated rings. The molecule has 1 unspecified atom stereocenters. The van der Waals surface area contributed by atoms with Crippen LogP contribution >= 0.6 is 0 Å². The van der Waals surface area contributed by atoms with Crippen LogP contribution in [0.5, 0.6) is 0 Å². The van der Waals surface area contributed by atoms with Crippen molar-refractivity contribution < 1.29 is 4.79 Å². The number of carbonyl (C=O) groups excluding carboxylic acids is 1. The fourth-order valence-electron chi connectivity index (χ4n) is 3.47. The van der Waals surface area contributed by atoms with Gasteiger partial charge >= 0.3 is 0 Å². The van der Waals surface area contributed by atoms with Gasteiger partial charge in [-0.15, -0.1) is 5.10 Å². The molecule has 0 spiro atoms. The third kappa shape index (κ3) is 3.48. The highest BCUT2D eigenvalue weighted by Crippen LogP contribution is 2.28. The first-order valence-electron chi connectivity index (χ1n) is 9.02. The molecule has 1 atom stereocenters. The maximum atomic E-state index is 12.6. The quantitative estimate of drug-likeness (QED) is 0.735. The molecule has 2 aromatic heterocycles. The number of pyridine rings is 1. The van der Waals surface area contributed by atoms with Crippen molar-refractivity contribution in [3.05, 3.63) is 41.6 Å². The molecule has 27 heavy (non-hydrogen) atoms. The predicted octanol–water partition coefficient (Wildman–Crippen LogP) is 2.05. The molecule has 3 aromatic rings. The van der Waals surface area contributed by atoms with E-state index in [0.717, 1.165) is 30.9 Å². The third-order valence-electron chi connectivity index (χ3n) is 5.11. The molecule has 1 aliphatic heterocycles. The van der Waals surface area contributed by atoms with Crippen LogP contribution in [0.4, 0.5) is 11.4 Å². The molecule has 8 nitrogen and oxygen atoms in total. The van der Waals surface area contributed by atoms with Crippen molar-refractivity contribution in [1.29, 1.82) is 0 Å². The molecule has 3 heterocycles. The Labute approximate surface area is 157 Å². The molecule has 0 radical (unpaired) electrons. The summed E-state index contributed by atoms with van der Waals surface area (Å²) >= 11 is 0. The van der Waals surface area contributed by atoms with Gasteiger partial charge in [-0.3, -0.25) is 4.79 Å². The Morgan fingerprint density at radius 2 is 2.11 bits per heavy atom. The molecule has 0 aliphatic carbocycles. The number of hydrogen-bond donors (Lipinski definition) is 2. The van der Waals surface area contributed by atoms with Gasteiger partial charge < -0.3 is 15.1 Å². The molecular weight excluding hydrogens is 342 g/mol. The van der Waals surface area contributed by atoms with E-state index in [4.69, 9.17) is 0 Å². The lowest BCUT2D eigenvalue weighted by molar-refractivity contribution is 0.102. The van der Waals surface area contributed by atoms with Gasteiger partial charge in [0.2, 0.25) is 5.65 Å². The molecule has 8 heteroatoms. The van der Waals surface area contributed by atoms with E-state index in [1.807, 2.05) is 18.2 Å². The maximum Gasteiger partial charge on any atom is 0.274 e. The summed E-state index contributed by atoms with van der Waals surface area (Å²) in [6.07, 6.45) is 1.14. The number of nitrogens with one attached hydrogen (secondary N) is 2. The van der Waals surface area contributed by atoms with Crippen LogP contribution in [0.25, 0.3) is 11.2 Å². The topological polar surface area (TPSA) is 90.0 Å². The summed E-state index contributed by atoms with van der Waals surface area (Å²) in [4.78, 5) is 21.5. The SMILES string of the molecule is Cc1ccc(NC(=O)c2ccc3n[nH]nc3n2)cc1N1CCC(N(C)C)C1. The fourth-order valence-corrected chi connectivity index (χ4v) is 3.47. The lowest BCUT2D eigenvalue weighted by atomic mass is 10.1. The zero-order chi connectivity index (χ0) is 19.0. The highest BCUT2D eigenvalue weighted by atomic mass is 16.1. The Balaban J connectivity index is 1.53. The Kier molecular flexibility index (Phi) is 4.49. The van der Waals surface area contributed by atoms with E-state index < -0.39 is 0 Å². The molecule has 1 amide bonds. The van der Waals surface area contributed by atoms with Gasteiger partial charge in [-0.1, -0.05) is 6.07 Å². The number of amides is 1. The maximum absolute atomic E-state index is 12.6. The number of nitrogens with zero attached hydrogens (tertiary/aromatic N) is 5. The summed E-state index contributed by atoms with van der Waals surface area (Å²) in [5.74, 6) is -0.262. The average molecular weight is 365 g/mol. The number of carbonyl (C=O) groups is 1. The van der Waals surface area contributed by atoms with Gasteiger partial charge in [0.1, 0.15) is 11.2 Å². The first-order chi connectivity index (χ1) is 13.0. The van der Waals surface area contributed by atoms with Gasteiger partial charge in [0.15, 0.2) is 0 Å². The van der Waals surface area contributed by atoms with E-state index in [1.165, 1.54) is 5.56 Å². The van der Waals surface area contributed by atoms with Crippen LogP contribution in [-0.2, 0) is 0 Å². The van der Waals surface area contributed by atoms with Crippen LogP contribution in [0, 0.1) is 6.92 Å². The number of aromatic nitrogens is 4. The van der Waals surface area contributed by atoms with Crippen LogP contribution in [0.1, 0.15) is 22.5 Å². The number of H-pyrrole nitrogens is 1. The Bertz CT molecular complexity index is 981.